The van der Waals surface area contributed by atoms with Gasteiger partial charge in [0.25, 0.3) is 5.91 Å². The molecular formula is C15H17BrFNO3. The van der Waals surface area contributed by atoms with Crippen LogP contribution in [0.1, 0.15) is 43.0 Å². The van der Waals surface area contributed by atoms with Crippen LogP contribution in [0.25, 0.3) is 0 Å². The first-order chi connectivity index (χ1) is 9.84. The molecule has 1 aliphatic rings. The normalized spacial score (nSPS) is 25.4. The van der Waals surface area contributed by atoms with Crippen LogP contribution in [0.5, 0.6) is 0 Å². The van der Waals surface area contributed by atoms with E-state index >= 15 is 0 Å². The van der Waals surface area contributed by atoms with Gasteiger partial charge in [0.1, 0.15) is 5.82 Å². The molecule has 0 aliphatic heterocycles. The number of carboxylic acids is 1. The Morgan fingerprint density at radius 3 is 2.76 bits per heavy atom. The minimum absolute atomic E-state index is 0.208. The molecular weight excluding hydrogens is 341 g/mol. The first-order valence-corrected chi connectivity index (χ1v) is 7.63. The summed E-state index contributed by atoms with van der Waals surface area (Å²) in [6.07, 6.45) is 2.91. The molecule has 2 unspecified atom stereocenters. The Balaban J connectivity index is 2.17. The molecule has 0 bridgehead atoms. The topological polar surface area (TPSA) is 66.4 Å². The maximum atomic E-state index is 13.2. The van der Waals surface area contributed by atoms with Crippen molar-refractivity contribution < 1.29 is 19.1 Å². The van der Waals surface area contributed by atoms with Gasteiger partial charge in [-0.05, 0) is 53.9 Å². The molecule has 0 radical (unpaired) electrons. The summed E-state index contributed by atoms with van der Waals surface area (Å²) in [5, 5.41) is 12.2. The molecule has 114 valence electrons. The summed E-state index contributed by atoms with van der Waals surface area (Å²) in [5.74, 6) is -1.72. The Morgan fingerprint density at radius 1 is 1.43 bits per heavy atom. The van der Waals surface area contributed by atoms with E-state index in [0.29, 0.717) is 18.4 Å². The van der Waals surface area contributed by atoms with E-state index in [1.165, 1.54) is 18.2 Å². The molecule has 2 rings (SSSR count). The third kappa shape index (κ3) is 3.26. The van der Waals surface area contributed by atoms with E-state index in [4.69, 9.17) is 0 Å². The summed E-state index contributed by atoms with van der Waals surface area (Å²) >= 11 is 3.04. The molecule has 1 aliphatic carbocycles. The molecule has 1 aromatic rings. The summed E-state index contributed by atoms with van der Waals surface area (Å²) in [6, 6.07) is 3.57. The number of benzene rings is 1. The standard InChI is InChI=1S/C15H17BrFNO3/c1-15(14(20)21)7-3-2-4-12(15)18-13(19)9-5-6-11(17)10(16)8-9/h5-6,8,12H,2-4,7H2,1H3,(H,18,19)(H,20,21). The van der Waals surface area contributed by atoms with E-state index in [1.54, 1.807) is 6.92 Å². The van der Waals surface area contributed by atoms with Crippen molar-refractivity contribution in [1.82, 2.24) is 5.32 Å². The number of aliphatic carboxylic acids is 1. The van der Waals surface area contributed by atoms with Crippen molar-refractivity contribution in [2.24, 2.45) is 5.41 Å². The highest BCUT2D eigenvalue weighted by molar-refractivity contribution is 9.10. The number of amides is 1. The summed E-state index contributed by atoms with van der Waals surface area (Å²) in [6.45, 7) is 1.67. The van der Waals surface area contributed by atoms with Crippen LogP contribution >= 0.6 is 15.9 Å². The molecule has 2 N–H and O–H groups in total. The molecule has 1 fully saturated rings. The fourth-order valence-electron chi connectivity index (χ4n) is 2.70. The van der Waals surface area contributed by atoms with E-state index in [9.17, 15) is 19.1 Å². The Morgan fingerprint density at radius 2 is 2.14 bits per heavy atom. The molecule has 4 nitrogen and oxygen atoms in total. The number of rotatable bonds is 3. The molecule has 0 aromatic heterocycles. The Labute approximate surface area is 130 Å². The smallest absolute Gasteiger partial charge is 0.311 e. The Kier molecular flexibility index (Phi) is 4.66. The first kappa shape index (κ1) is 15.9. The SMILES string of the molecule is CC1(C(=O)O)CCCCC1NC(=O)c1ccc(F)c(Br)c1. The van der Waals surface area contributed by atoms with Gasteiger partial charge in [0.15, 0.2) is 0 Å². The fraction of sp³-hybridized carbons (Fsp3) is 0.467. The third-order valence-corrected chi connectivity index (χ3v) is 4.79. The summed E-state index contributed by atoms with van der Waals surface area (Å²) in [4.78, 5) is 23.7. The first-order valence-electron chi connectivity index (χ1n) is 6.84. The lowest BCUT2D eigenvalue weighted by Crippen LogP contribution is -2.52. The van der Waals surface area contributed by atoms with Gasteiger partial charge in [-0.1, -0.05) is 12.8 Å². The van der Waals surface area contributed by atoms with E-state index in [0.717, 1.165) is 12.8 Å². The number of nitrogens with one attached hydrogen (secondary N) is 1. The second kappa shape index (κ2) is 6.13. The second-order valence-electron chi connectivity index (χ2n) is 5.62. The monoisotopic (exact) mass is 357 g/mol. The third-order valence-electron chi connectivity index (χ3n) is 4.18. The number of carboxylic acid groups (broad SMARTS) is 1. The van der Waals surface area contributed by atoms with E-state index in [1.807, 2.05) is 0 Å². The van der Waals surface area contributed by atoms with E-state index in [2.05, 4.69) is 21.2 Å². The van der Waals surface area contributed by atoms with Crippen LogP contribution < -0.4 is 5.32 Å². The van der Waals surface area contributed by atoms with E-state index in [-0.39, 0.29) is 10.4 Å². The van der Waals surface area contributed by atoms with Gasteiger partial charge >= 0.3 is 5.97 Å². The zero-order valence-electron chi connectivity index (χ0n) is 11.7. The molecule has 6 heteroatoms. The maximum Gasteiger partial charge on any atom is 0.311 e. The van der Waals surface area contributed by atoms with Crippen molar-refractivity contribution in [2.45, 2.75) is 38.6 Å². The number of carbonyl (C=O) groups is 2. The summed E-state index contributed by atoms with van der Waals surface area (Å²) in [5.41, 5.74) is -0.646. The van der Waals surface area contributed by atoms with E-state index < -0.39 is 23.2 Å². The van der Waals surface area contributed by atoms with Crippen molar-refractivity contribution in [3.63, 3.8) is 0 Å². The van der Waals surface area contributed by atoms with Gasteiger partial charge in [-0.15, -0.1) is 0 Å². The van der Waals surface area contributed by atoms with Crippen LogP contribution in [0.4, 0.5) is 4.39 Å². The molecule has 0 spiro atoms. The lowest BCUT2D eigenvalue weighted by molar-refractivity contribution is -0.151. The molecule has 21 heavy (non-hydrogen) atoms. The highest BCUT2D eigenvalue weighted by Gasteiger charge is 2.43. The minimum atomic E-state index is -0.953. The van der Waals surface area contributed by atoms with Crippen molar-refractivity contribution in [1.29, 1.82) is 0 Å². The highest BCUT2D eigenvalue weighted by atomic mass is 79.9. The molecule has 2 atom stereocenters. The summed E-state index contributed by atoms with van der Waals surface area (Å²) in [7, 11) is 0. The van der Waals surface area contributed by atoms with Crippen LogP contribution in [0, 0.1) is 11.2 Å². The number of hydrogen-bond acceptors (Lipinski definition) is 2. The summed E-state index contributed by atoms with van der Waals surface area (Å²) < 4.78 is 13.4. The van der Waals surface area contributed by atoms with Crippen molar-refractivity contribution in [2.75, 3.05) is 0 Å². The largest absolute Gasteiger partial charge is 0.481 e. The molecule has 0 heterocycles. The van der Waals surface area contributed by atoms with Gasteiger partial charge in [0, 0.05) is 11.6 Å². The van der Waals surface area contributed by atoms with Crippen LogP contribution in [-0.2, 0) is 4.79 Å². The predicted molar refractivity (Wildman–Crippen MR) is 79.6 cm³/mol. The minimum Gasteiger partial charge on any atom is -0.481 e. The van der Waals surface area contributed by atoms with Crippen molar-refractivity contribution >= 4 is 27.8 Å². The van der Waals surface area contributed by atoms with Gasteiger partial charge in [0.05, 0.1) is 9.89 Å². The van der Waals surface area contributed by atoms with Gasteiger partial charge < -0.3 is 10.4 Å². The van der Waals surface area contributed by atoms with Crippen LogP contribution in [0.2, 0.25) is 0 Å². The Hall–Kier alpha value is -1.43. The quantitative estimate of drug-likeness (QED) is 0.871. The number of carbonyl (C=O) groups excluding carboxylic acids is 1. The fourth-order valence-corrected chi connectivity index (χ4v) is 3.08. The van der Waals surface area contributed by atoms with Crippen LogP contribution in [0.15, 0.2) is 22.7 Å². The second-order valence-corrected chi connectivity index (χ2v) is 6.48. The zero-order chi connectivity index (χ0) is 15.6. The van der Waals surface area contributed by atoms with Gasteiger partial charge in [-0.2, -0.15) is 0 Å². The average molecular weight is 358 g/mol. The molecule has 1 aromatic carbocycles. The van der Waals surface area contributed by atoms with Crippen molar-refractivity contribution in [3.05, 3.63) is 34.1 Å². The molecule has 1 saturated carbocycles. The van der Waals surface area contributed by atoms with Gasteiger partial charge in [-0.3, -0.25) is 9.59 Å². The van der Waals surface area contributed by atoms with Crippen molar-refractivity contribution in [3.8, 4) is 0 Å². The van der Waals surface area contributed by atoms with Crippen LogP contribution in [-0.4, -0.2) is 23.0 Å². The molecule has 1 amide bonds. The zero-order valence-corrected chi connectivity index (χ0v) is 13.2. The lowest BCUT2D eigenvalue weighted by atomic mass is 9.71. The molecule has 0 saturated heterocycles. The average Bonchev–Trinajstić information content (AvgIpc) is 2.44. The lowest BCUT2D eigenvalue weighted by Gasteiger charge is -2.38. The van der Waals surface area contributed by atoms with Gasteiger partial charge in [-0.25, -0.2) is 4.39 Å². The maximum absolute atomic E-state index is 13.2. The number of halogens is 2. The Bertz CT molecular complexity index is 578. The number of hydrogen-bond donors (Lipinski definition) is 2. The predicted octanol–water partition coefficient (Wildman–Crippen LogP) is 3.35. The van der Waals surface area contributed by atoms with Gasteiger partial charge in [0.2, 0.25) is 0 Å². The highest BCUT2D eigenvalue weighted by Crippen LogP contribution is 2.36. The van der Waals surface area contributed by atoms with Crippen LogP contribution in [0.3, 0.4) is 0 Å².